The number of rotatable bonds is 4. The number of fused-ring (bicyclic) bond motifs is 5. The first-order chi connectivity index (χ1) is 16.3. The lowest BCUT2D eigenvalue weighted by Crippen LogP contribution is -2.38. The van der Waals surface area contributed by atoms with Gasteiger partial charge in [0.1, 0.15) is 17.4 Å². The molecule has 0 unspecified atom stereocenters. The molecule has 1 saturated carbocycles. The molecule has 0 spiro atoms. The van der Waals surface area contributed by atoms with Crippen LogP contribution in [0.3, 0.4) is 0 Å². The molecule has 2 heterocycles. The summed E-state index contributed by atoms with van der Waals surface area (Å²) in [4.78, 5) is 4.34. The highest BCUT2D eigenvalue weighted by molar-refractivity contribution is 7.88. The summed E-state index contributed by atoms with van der Waals surface area (Å²) in [5.41, 5.74) is -5.87. The molecule has 2 aliphatic rings. The van der Waals surface area contributed by atoms with Crippen LogP contribution in [0.15, 0.2) is 42.6 Å². The maximum atomic E-state index is 14.4. The lowest BCUT2D eigenvalue weighted by molar-refractivity contribution is -0.0500. The van der Waals surface area contributed by atoms with E-state index >= 15 is 0 Å². The fourth-order valence-corrected chi connectivity index (χ4v) is 6.08. The van der Waals surface area contributed by atoms with Gasteiger partial charge in [0.2, 0.25) is 0 Å². The van der Waals surface area contributed by atoms with Crippen LogP contribution in [0.1, 0.15) is 49.6 Å². The fourth-order valence-electron chi connectivity index (χ4n) is 5.63. The molecule has 3 aromatic rings. The third-order valence-corrected chi connectivity index (χ3v) is 8.24. The highest BCUT2D eigenvalue weighted by Gasteiger charge is 2.65. The second-order valence-corrected chi connectivity index (χ2v) is 10.7. The Morgan fingerprint density at radius 1 is 1.06 bits per heavy atom. The smallest absolute Gasteiger partial charge is 0.376 e. The van der Waals surface area contributed by atoms with Crippen molar-refractivity contribution in [3.63, 3.8) is 0 Å². The molecular formula is C23H18F5N3O3S. The van der Waals surface area contributed by atoms with Gasteiger partial charge < -0.3 is 4.18 Å². The third kappa shape index (κ3) is 3.25. The highest BCUT2D eigenvalue weighted by Crippen LogP contribution is 2.69. The number of pyridine rings is 1. The summed E-state index contributed by atoms with van der Waals surface area (Å²) in [7, 11) is -5.87. The average molecular weight is 511 g/mol. The molecule has 2 bridgehead atoms. The monoisotopic (exact) mass is 511 g/mol. The van der Waals surface area contributed by atoms with Crippen LogP contribution in [0.5, 0.6) is 5.75 Å². The predicted octanol–water partition coefficient (Wildman–Crippen LogP) is 5.25. The first-order valence-corrected chi connectivity index (χ1v) is 12.0. The Bertz CT molecular complexity index is 1440. The van der Waals surface area contributed by atoms with E-state index in [4.69, 9.17) is 0 Å². The predicted molar refractivity (Wildman–Crippen MR) is 114 cm³/mol. The van der Waals surface area contributed by atoms with Crippen molar-refractivity contribution in [1.29, 1.82) is 0 Å². The highest BCUT2D eigenvalue weighted by atomic mass is 32.2. The second-order valence-electron chi connectivity index (χ2n) is 9.21. The fraction of sp³-hybridized carbons (Fsp3) is 0.348. The van der Waals surface area contributed by atoms with E-state index in [1.807, 2.05) is 13.8 Å². The van der Waals surface area contributed by atoms with Crippen LogP contribution in [0, 0.1) is 17.0 Å². The van der Waals surface area contributed by atoms with Crippen molar-refractivity contribution in [2.75, 3.05) is 0 Å². The van der Waals surface area contributed by atoms with E-state index in [1.165, 1.54) is 12.3 Å². The zero-order valence-electron chi connectivity index (χ0n) is 18.4. The Labute approximate surface area is 197 Å². The normalized spacial score (nSPS) is 22.8. The van der Waals surface area contributed by atoms with Crippen LogP contribution in [0.2, 0.25) is 0 Å². The molecule has 184 valence electrons. The van der Waals surface area contributed by atoms with Crippen LogP contribution in [0.25, 0.3) is 11.3 Å². The molecule has 2 aromatic heterocycles. The molecule has 1 fully saturated rings. The van der Waals surface area contributed by atoms with Gasteiger partial charge in [0, 0.05) is 18.3 Å². The molecule has 0 radical (unpaired) electrons. The van der Waals surface area contributed by atoms with Crippen molar-refractivity contribution in [3.8, 4) is 17.0 Å². The summed E-state index contributed by atoms with van der Waals surface area (Å²) >= 11 is 0. The van der Waals surface area contributed by atoms with Gasteiger partial charge in [-0.25, -0.2) is 8.78 Å². The Morgan fingerprint density at radius 3 is 2.40 bits per heavy atom. The van der Waals surface area contributed by atoms with Crippen molar-refractivity contribution in [2.24, 2.45) is 5.41 Å². The Kier molecular flexibility index (Phi) is 5.00. The maximum Gasteiger partial charge on any atom is 0.534 e. The van der Waals surface area contributed by atoms with Gasteiger partial charge in [-0.2, -0.15) is 26.7 Å². The average Bonchev–Trinajstić information content (AvgIpc) is 3.14. The summed E-state index contributed by atoms with van der Waals surface area (Å²) in [6.45, 7) is 3.88. The maximum absolute atomic E-state index is 14.4. The zero-order chi connectivity index (χ0) is 25.4. The molecule has 5 rings (SSSR count). The first kappa shape index (κ1) is 23.6. The van der Waals surface area contributed by atoms with Crippen LogP contribution >= 0.6 is 0 Å². The minimum atomic E-state index is -5.87. The van der Waals surface area contributed by atoms with Crippen molar-refractivity contribution in [1.82, 2.24) is 15.2 Å². The van der Waals surface area contributed by atoms with Gasteiger partial charge in [-0.05, 0) is 47.9 Å². The quantitative estimate of drug-likeness (QED) is 0.271. The minimum Gasteiger partial charge on any atom is -0.376 e. The number of nitrogens with zero attached hydrogens (tertiary/aromatic N) is 3. The summed E-state index contributed by atoms with van der Waals surface area (Å²) in [5, 5.41) is 8.40. The van der Waals surface area contributed by atoms with Crippen LogP contribution in [-0.4, -0.2) is 29.1 Å². The Balaban J connectivity index is 1.63. The first-order valence-electron chi connectivity index (χ1n) is 10.6. The molecule has 0 aliphatic heterocycles. The lowest BCUT2D eigenvalue weighted by atomic mass is 9.66. The topological polar surface area (TPSA) is 82.0 Å². The van der Waals surface area contributed by atoms with Crippen molar-refractivity contribution >= 4 is 10.1 Å². The standard InChI is InChI=1S/C23H18F5N3O3S/c1-21(2)14-6-8-22(21,18-10-12(7-9-29-18)34-35(32,33)23(26,27)28)20-13(14)11-17(30-31-20)19-15(24)4-3-5-16(19)25/h3-5,7,9-11,14H,6,8H2,1-2H3/t14-,22-/m0/s1. The Hall–Kier alpha value is -3.15. The second kappa shape index (κ2) is 7.42. The van der Waals surface area contributed by atoms with Gasteiger partial charge >= 0.3 is 15.6 Å². The molecule has 2 atom stereocenters. The molecule has 0 saturated heterocycles. The number of hydrogen-bond donors (Lipinski definition) is 0. The van der Waals surface area contributed by atoms with Crippen LogP contribution < -0.4 is 4.18 Å². The molecule has 12 heteroatoms. The zero-order valence-corrected chi connectivity index (χ0v) is 19.2. The lowest BCUT2D eigenvalue weighted by Gasteiger charge is -2.37. The molecule has 35 heavy (non-hydrogen) atoms. The molecule has 1 aromatic carbocycles. The van der Waals surface area contributed by atoms with E-state index in [2.05, 4.69) is 19.4 Å². The number of aromatic nitrogens is 3. The molecular weight excluding hydrogens is 493 g/mol. The van der Waals surface area contributed by atoms with Gasteiger partial charge in [-0.3, -0.25) is 4.98 Å². The number of alkyl halides is 3. The number of benzene rings is 1. The van der Waals surface area contributed by atoms with Gasteiger partial charge in [-0.1, -0.05) is 19.9 Å². The summed E-state index contributed by atoms with van der Waals surface area (Å²) in [5.74, 6) is -2.21. The van der Waals surface area contributed by atoms with E-state index in [-0.39, 0.29) is 22.9 Å². The van der Waals surface area contributed by atoms with E-state index in [0.29, 0.717) is 24.1 Å². The van der Waals surface area contributed by atoms with Crippen molar-refractivity contribution < 1.29 is 34.6 Å². The molecule has 0 N–H and O–H groups in total. The largest absolute Gasteiger partial charge is 0.534 e. The van der Waals surface area contributed by atoms with E-state index in [9.17, 15) is 30.4 Å². The SMILES string of the molecule is CC1(C)[C@H]2CC[C@]1(c1cc(OS(=O)(=O)C(F)(F)F)ccn1)c1nnc(-c3c(F)cccc3F)cc12. The molecule has 0 amide bonds. The third-order valence-electron chi connectivity index (χ3n) is 7.26. The molecule has 2 aliphatic carbocycles. The Morgan fingerprint density at radius 2 is 1.74 bits per heavy atom. The van der Waals surface area contributed by atoms with E-state index in [0.717, 1.165) is 24.3 Å². The van der Waals surface area contributed by atoms with Gasteiger partial charge in [-0.15, -0.1) is 5.10 Å². The minimum absolute atomic E-state index is 0.0270. The number of hydrogen-bond acceptors (Lipinski definition) is 6. The van der Waals surface area contributed by atoms with E-state index < -0.39 is 43.8 Å². The van der Waals surface area contributed by atoms with Crippen LogP contribution in [0.4, 0.5) is 22.0 Å². The molecule has 6 nitrogen and oxygen atoms in total. The van der Waals surface area contributed by atoms with Crippen molar-refractivity contribution in [3.05, 3.63) is 71.2 Å². The van der Waals surface area contributed by atoms with E-state index in [1.54, 1.807) is 6.07 Å². The van der Waals surface area contributed by atoms with Gasteiger partial charge in [0.05, 0.1) is 28.1 Å². The summed E-state index contributed by atoms with van der Waals surface area (Å²) in [6, 6.07) is 7.26. The summed E-state index contributed by atoms with van der Waals surface area (Å²) < 4.78 is 94.6. The summed E-state index contributed by atoms with van der Waals surface area (Å²) in [6.07, 6.45) is 2.34. The number of halogens is 5. The van der Waals surface area contributed by atoms with Gasteiger partial charge in [0.25, 0.3) is 0 Å². The van der Waals surface area contributed by atoms with Crippen LogP contribution in [-0.2, 0) is 15.5 Å². The van der Waals surface area contributed by atoms with Crippen molar-refractivity contribution in [2.45, 2.75) is 43.5 Å². The van der Waals surface area contributed by atoms with Gasteiger partial charge in [0.15, 0.2) is 0 Å².